The number of hydrogen-bond acceptors (Lipinski definition) is 4. The number of carbonyl (C=O) groups excluding carboxylic acids is 1. The Morgan fingerprint density at radius 1 is 1.28 bits per heavy atom. The first kappa shape index (κ1) is 24.4. The lowest BCUT2D eigenvalue weighted by molar-refractivity contribution is -0.135. The zero-order valence-corrected chi connectivity index (χ0v) is 21.3. The summed E-state index contributed by atoms with van der Waals surface area (Å²) in [5, 5.41) is 10.1. The standard InChI is InChI=1S/C21H35N5OS.HI/c1-21(2,3)17-14-28-18(25-17)12-23-20(22-4)24-16-10-11-26(13-16)19(27)15-8-6-5-7-9-15;/h14-16H,5-13H2,1-4H3,(H2,22,23,24);1H. The lowest BCUT2D eigenvalue weighted by atomic mass is 9.88. The molecular weight excluding hydrogens is 497 g/mol. The lowest BCUT2D eigenvalue weighted by Crippen LogP contribution is -2.45. The molecule has 8 heteroatoms. The molecule has 1 saturated carbocycles. The number of aromatic nitrogens is 1. The van der Waals surface area contributed by atoms with Gasteiger partial charge in [-0.05, 0) is 19.3 Å². The number of hydrogen-bond donors (Lipinski definition) is 2. The normalized spacial score (nSPS) is 21.0. The van der Waals surface area contributed by atoms with Gasteiger partial charge < -0.3 is 15.5 Å². The van der Waals surface area contributed by atoms with E-state index in [9.17, 15) is 4.79 Å². The van der Waals surface area contributed by atoms with Crippen LogP contribution < -0.4 is 10.6 Å². The summed E-state index contributed by atoms with van der Waals surface area (Å²) in [6, 6.07) is 0.264. The summed E-state index contributed by atoms with van der Waals surface area (Å²) < 4.78 is 0. The number of nitrogens with one attached hydrogen (secondary N) is 2. The van der Waals surface area contributed by atoms with Crippen molar-refractivity contribution in [3.63, 3.8) is 0 Å². The van der Waals surface area contributed by atoms with Gasteiger partial charge in [0.05, 0.1) is 12.2 Å². The van der Waals surface area contributed by atoms with Crippen LogP contribution in [0.2, 0.25) is 0 Å². The first-order valence-corrected chi connectivity index (χ1v) is 11.5. The zero-order chi connectivity index (χ0) is 20.1. The molecule has 1 aliphatic carbocycles. The Labute approximate surface area is 196 Å². The van der Waals surface area contributed by atoms with Crippen molar-refractivity contribution in [2.24, 2.45) is 10.9 Å². The van der Waals surface area contributed by atoms with Crippen molar-refractivity contribution in [1.82, 2.24) is 20.5 Å². The van der Waals surface area contributed by atoms with Gasteiger partial charge >= 0.3 is 0 Å². The zero-order valence-electron chi connectivity index (χ0n) is 18.2. The maximum atomic E-state index is 12.7. The van der Waals surface area contributed by atoms with E-state index in [2.05, 4.69) is 46.7 Å². The first-order chi connectivity index (χ1) is 13.4. The van der Waals surface area contributed by atoms with Gasteiger partial charge in [0.2, 0.25) is 5.91 Å². The number of guanidine groups is 1. The second kappa shape index (κ2) is 10.9. The summed E-state index contributed by atoms with van der Waals surface area (Å²) in [5.41, 5.74) is 1.21. The molecule has 2 heterocycles. The number of thiazole rings is 1. The summed E-state index contributed by atoms with van der Waals surface area (Å²) in [6.45, 7) is 8.84. The third-order valence-electron chi connectivity index (χ3n) is 5.75. The second-order valence-corrected chi connectivity index (χ2v) is 9.99. The maximum Gasteiger partial charge on any atom is 0.225 e. The number of aliphatic imine (C=N–C) groups is 1. The van der Waals surface area contributed by atoms with Crippen molar-refractivity contribution in [3.8, 4) is 0 Å². The summed E-state index contributed by atoms with van der Waals surface area (Å²) >= 11 is 1.68. The van der Waals surface area contributed by atoms with E-state index < -0.39 is 0 Å². The van der Waals surface area contributed by atoms with Crippen LogP contribution in [0.15, 0.2) is 10.4 Å². The van der Waals surface area contributed by atoms with E-state index in [0.717, 1.165) is 49.0 Å². The topological polar surface area (TPSA) is 69.6 Å². The average Bonchev–Trinajstić information content (AvgIpc) is 3.34. The summed E-state index contributed by atoms with van der Waals surface area (Å²) in [4.78, 5) is 23.9. The Bertz CT molecular complexity index is 693. The van der Waals surface area contributed by atoms with E-state index >= 15 is 0 Å². The predicted octanol–water partition coefficient (Wildman–Crippen LogP) is 3.90. The molecule has 164 valence electrons. The fourth-order valence-electron chi connectivity index (χ4n) is 3.97. The minimum atomic E-state index is 0. The number of likely N-dealkylation sites (tertiary alicyclic amines) is 1. The van der Waals surface area contributed by atoms with Gasteiger partial charge in [-0.15, -0.1) is 35.3 Å². The Hall–Kier alpha value is -0.900. The van der Waals surface area contributed by atoms with Crippen molar-refractivity contribution in [3.05, 3.63) is 16.1 Å². The van der Waals surface area contributed by atoms with Crippen LogP contribution in [0.1, 0.15) is 70.0 Å². The van der Waals surface area contributed by atoms with Crippen molar-refractivity contribution in [2.45, 2.75) is 77.3 Å². The molecule has 1 amide bonds. The Kier molecular flexibility index (Phi) is 9.18. The number of nitrogens with zero attached hydrogens (tertiary/aromatic N) is 3. The Morgan fingerprint density at radius 3 is 2.62 bits per heavy atom. The SMILES string of the molecule is CN=C(NCc1nc(C(C)(C)C)cs1)NC1CCN(C(=O)C2CCCCC2)C1.I. The van der Waals surface area contributed by atoms with E-state index in [1.165, 1.54) is 19.3 Å². The van der Waals surface area contributed by atoms with E-state index in [1.807, 2.05) is 0 Å². The van der Waals surface area contributed by atoms with Gasteiger partial charge in [0.25, 0.3) is 0 Å². The Morgan fingerprint density at radius 2 is 2.00 bits per heavy atom. The minimum Gasteiger partial charge on any atom is -0.352 e. The molecule has 0 spiro atoms. The maximum absolute atomic E-state index is 12.7. The highest BCUT2D eigenvalue weighted by Gasteiger charge is 2.31. The van der Waals surface area contributed by atoms with Gasteiger partial charge in [0.15, 0.2) is 5.96 Å². The fraction of sp³-hybridized carbons (Fsp3) is 0.762. The van der Waals surface area contributed by atoms with Gasteiger partial charge in [-0.3, -0.25) is 9.79 Å². The van der Waals surface area contributed by atoms with Gasteiger partial charge in [0.1, 0.15) is 5.01 Å². The number of amides is 1. The minimum absolute atomic E-state index is 0. The molecule has 2 N–H and O–H groups in total. The predicted molar refractivity (Wildman–Crippen MR) is 131 cm³/mol. The van der Waals surface area contributed by atoms with Crippen LogP contribution >= 0.6 is 35.3 Å². The highest BCUT2D eigenvalue weighted by Crippen LogP contribution is 2.27. The van der Waals surface area contributed by atoms with Crippen LogP contribution in [0.25, 0.3) is 0 Å². The van der Waals surface area contributed by atoms with Crippen molar-refractivity contribution in [1.29, 1.82) is 0 Å². The van der Waals surface area contributed by atoms with E-state index in [4.69, 9.17) is 4.98 Å². The smallest absolute Gasteiger partial charge is 0.225 e. The molecule has 6 nitrogen and oxygen atoms in total. The molecular formula is C21H36IN5OS. The van der Waals surface area contributed by atoms with Crippen LogP contribution in [0.3, 0.4) is 0 Å². The van der Waals surface area contributed by atoms with Crippen LogP contribution in [0.5, 0.6) is 0 Å². The molecule has 3 rings (SSSR count). The van der Waals surface area contributed by atoms with Gasteiger partial charge in [-0.25, -0.2) is 4.98 Å². The van der Waals surface area contributed by atoms with Gasteiger partial charge in [-0.2, -0.15) is 0 Å². The molecule has 0 bridgehead atoms. The monoisotopic (exact) mass is 533 g/mol. The number of rotatable bonds is 4. The third-order valence-corrected chi connectivity index (χ3v) is 6.59. The van der Waals surface area contributed by atoms with Crippen LogP contribution in [0, 0.1) is 5.92 Å². The summed E-state index contributed by atoms with van der Waals surface area (Å²) in [7, 11) is 1.79. The van der Waals surface area contributed by atoms with Crippen LogP contribution in [0.4, 0.5) is 0 Å². The van der Waals surface area contributed by atoms with Gasteiger partial charge in [-0.1, -0.05) is 40.0 Å². The highest BCUT2D eigenvalue weighted by molar-refractivity contribution is 14.0. The fourth-order valence-corrected chi connectivity index (χ4v) is 4.93. The van der Waals surface area contributed by atoms with Crippen LogP contribution in [-0.2, 0) is 16.8 Å². The third kappa shape index (κ3) is 6.80. The molecule has 29 heavy (non-hydrogen) atoms. The molecule has 1 saturated heterocycles. The summed E-state index contributed by atoms with van der Waals surface area (Å²) in [5.74, 6) is 1.40. The molecule has 2 aliphatic rings. The molecule has 1 aliphatic heterocycles. The van der Waals surface area contributed by atoms with Crippen molar-refractivity contribution >= 4 is 47.2 Å². The molecule has 0 aromatic carbocycles. The Balaban J connectivity index is 0.00000300. The van der Waals surface area contributed by atoms with Crippen LogP contribution in [-0.4, -0.2) is 47.9 Å². The molecule has 1 aromatic rings. The van der Waals surface area contributed by atoms with Crippen molar-refractivity contribution < 1.29 is 4.79 Å². The number of halogens is 1. The average molecular weight is 534 g/mol. The highest BCUT2D eigenvalue weighted by atomic mass is 127. The first-order valence-electron chi connectivity index (χ1n) is 10.6. The molecule has 1 aromatic heterocycles. The largest absolute Gasteiger partial charge is 0.352 e. The van der Waals surface area contributed by atoms with Crippen molar-refractivity contribution in [2.75, 3.05) is 20.1 Å². The lowest BCUT2D eigenvalue weighted by Gasteiger charge is -2.26. The van der Waals surface area contributed by atoms with E-state index in [-0.39, 0.29) is 41.4 Å². The summed E-state index contributed by atoms with van der Waals surface area (Å²) in [6.07, 6.45) is 6.81. The second-order valence-electron chi connectivity index (χ2n) is 9.05. The molecule has 1 unspecified atom stereocenters. The molecule has 2 fully saturated rings. The van der Waals surface area contributed by atoms with E-state index in [0.29, 0.717) is 12.5 Å². The quantitative estimate of drug-likeness (QED) is 0.350. The molecule has 0 radical (unpaired) electrons. The number of carbonyl (C=O) groups is 1. The van der Waals surface area contributed by atoms with Gasteiger partial charge in [0, 0.05) is 42.9 Å². The molecule has 1 atom stereocenters. The van der Waals surface area contributed by atoms with E-state index in [1.54, 1.807) is 18.4 Å².